The van der Waals surface area contributed by atoms with Crippen molar-refractivity contribution in [1.82, 2.24) is 10.2 Å². The largest absolute Gasteiger partial charge is 0.352 e. The van der Waals surface area contributed by atoms with Crippen LogP contribution < -0.4 is 9.62 Å². The highest BCUT2D eigenvalue weighted by Crippen LogP contribution is 2.23. The van der Waals surface area contributed by atoms with E-state index in [1.165, 1.54) is 23.5 Å². The summed E-state index contributed by atoms with van der Waals surface area (Å²) in [5.74, 6) is -0.355. The molecule has 8 heteroatoms. The second-order valence-corrected chi connectivity index (χ2v) is 10.1. The lowest BCUT2D eigenvalue weighted by molar-refractivity contribution is -0.131. The van der Waals surface area contributed by atoms with Gasteiger partial charge in [-0.15, -0.1) is 0 Å². The van der Waals surface area contributed by atoms with E-state index in [2.05, 4.69) is 5.32 Å². The molecule has 1 N–H and O–H groups in total. The summed E-state index contributed by atoms with van der Waals surface area (Å²) in [7, 11) is -2.33. The number of nitrogens with one attached hydrogen (secondary N) is 1. The maximum atomic E-state index is 13.0. The molecule has 2 aromatic rings. The number of aryl methyl sites for hydroxylation is 1. The Labute approximate surface area is 190 Å². The number of hydrogen-bond acceptors (Lipinski definition) is 4. The fourth-order valence-corrected chi connectivity index (χ4v) is 4.95. The van der Waals surface area contributed by atoms with Crippen LogP contribution >= 0.6 is 0 Å². The number of rotatable bonds is 7. The Morgan fingerprint density at radius 2 is 1.66 bits per heavy atom. The van der Waals surface area contributed by atoms with Gasteiger partial charge in [-0.2, -0.15) is 0 Å². The first kappa shape index (κ1) is 23.8. The van der Waals surface area contributed by atoms with Crippen molar-refractivity contribution in [2.24, 2.45) is 0 Å². The molecule has 32 heavy (non-hydrogen) atoms. The maximum absolute atomic E-state index is 13.0. The monoisotopic (exact) mass is 457 g/mol. The highest BCUT2D eigenvalue weighted by atomic mass is 32.2. The summed E-state index contributed by atoms with van der Waals surface area (Å²) in [5.41, 5.74) is 1.82. The first-order chi connectivity index (χ1) is 15.3. The third-order valence-electron chi connectivity index (χ3n) is 5.74. The standard InChI is InChI=1S/C24H31N3O4S/c1-19-10-12-21(13-11-19)26(2)32(30,31)22-9-7-8-20(18-22)24(29)25-15-14-23(28)27-16-5-3-4-6-17-27/h7-13,18H,3-6,14-17H2,1-2H3,(H,25,29). The van der Waals surface area contributed by atoms with Crippen molar-refractivity contribution in [3.63, 3.8) is 0 Å². The lowest BCUT2D eigenvalue weighted by Crippen LogP contribution is -2.35. The van der Waals surface area contributed by atoms with E-state index in [-0.39, 0.29) is 29.3 Å². The Morgan fingerprint density at radius 1 is 1.00 bits per heavy atom. The molecule has 0 spiro atoms. The zero-order valence-corrected chi connectivity index (χ0v) is 19.5. The van der Waals surface area contributed by atoms with E-state index in [9.17, 15) is 18.0 Å². The smallest absolute Gasteiger partial charge is 0.264 e. The predicted octanol–water partition coefficient (Wildman–Crippen LogP) is 3.34. The van der Waals surface area contributed by atoms with Gasteiger partial charge in [0.2, 0.25) is 5.91 Å². The number of sulfonamides is 1. The van der Waals surface area contributed by atoms with Crippen LogP contribution in [0.3, 0.4) is 0 Å². The van der Waals surface area contributed by atoms with Crippen molar-refractivity contribution in [3.05, 3.63) is 59.7 Å². The maximum Gasteiger partial charge on any atom is 0.264 e. The number of anilines is 1. The van der Waals surface area contributed by atoms with Crippen molar-refractivity contribution in [1.29, 1.82) is 0 Å². The molecule has 1 aliphatic heterocycles. The highest BCUT2D eigenvalue weighted by Gasteiger charge is 2.22. The summed E-state index contributed by atoms with van der Waals surface area (Å²) in [6.45, 7) is 3.71. The number of carbonyl (C=O) groups is 2. The van der Waals surface area contributed by atoms with E-state index in [0.29, 0.717) is 5.69 Å². The van der Waals surface area contributed by atoms with Crippen molar-refractivity contribution in [2.45, 2.75) is 43.9 Å². The predicted molar refractivity (Wildman–Crippen MR) is 125 cm³/mol. The van der Waals surface area contributed by atoms with Crippen LogP contribution in [0.25, 0.3) is 0 Å². The lowest BCUT2D eigenvalue weighted by Gasteiger charge is -2.20. The molecular weight excluding hydrogens is 426 g/mol. The zero-order chi connectivity index (χ0) is 23.1. The van der Waals surface area contributed by atoms with Gasteiger partial charge in [0.15, 0.2) is 0 Å². The normalized spacial score (nSPS) is 14.5. The molecule has 0 atom stereocenters. The van der Waals surface area contributed by atoms with Crippen LogP contribution in [-0.4, -0.2) is 51.8 Å². The second-order valence-electron chi connectivity index (χ2n) is 8.14. The third-order valence-corrected chi connectivity index (χ3v) is 7.52. The highest BCUT2D eigenvalue weighted by molar-refractivity contribution is 7.92. The third kappa shape index (κ3) is 5.88. The van der Waals surface area contributed by atoms with Crippen LogP contribution in [0, 0.1) is 6.92 Å². The quantitative estimate of drug-likeness (QED) is 0.691. The van der Waals surface area contributed by atoms with Gasteiger partial charge in [0.1, 0.15) is 0 Å². The second kappa shape index (κ2) is 10.6. The molecule has 172 valence electrons. The molecule has 3 rings (SSSR count). The van der Waals surface area contributed by atoms with Gasteiger partial charge in [-0.05, 0) is 50.1 Å². The molecule has 0 radical (unpaired) electrons. The average Bonchev–Trinajstić information content (AvgIpc) is 3.09. The van der Waals surface area contributed by atoms with Crippen molar-refractivity contribution in [3.8, 4) is 0 Å². The summed E-state index contributed by atoms with van der Waals surface area (Å²) in [5, 5.41) is 2.74. The summed E-state index contributed by atoms with van der Waals surface area (Å²) in [6.07, 6.45) is 4.59. The number of carbonyl (C=O) groups excluding carboxylic acids is 2. The summed E-state index contributed by atoms with van der Waals surface area (Å²) < 4.78 is 27.3. The Morgan fingerprint density at radius 3 is 2.31 bits per heavy atom. The van der Waals surface area contributed by atoms with Gasteiger partial charge in [0, 0.05) is 38.7 Å². The number of hydrogen-bond donors (Lipinski definition) is 1. The molecule has 1 aliphatic rings. The minimum atomic E-state index is -3.82. The van der Waals surface area contributed by atoms with E-state index < -0.39 is 15.9 Å². The fraction of sp³-hybridized carbons (Fsp3) is 0.417. The van der Waals surface area contributed by atoms with E-state index in [4.69, 9.17) is 0 Å². The van der Waals surface area contributed by atoms with Crippen molar-refractivity contribution >= 4 is 27.5 Å². The molecule has 7 nitrogen and oxygen atoms in total. The molecule has 0 bridgehead atoms. The van der Waals surface area contributed by atoms with Crippen molar-refractivity contribution < 1.29 is 18.0 Å². The van der Waals surface area contributed by atoms with Gasteiger partial charge in [-0.25, -0.2) is 8.42 Å². The molecular formula is C24H31N3O4S. The van der Waals surface area contributed by atoms with E-state index in [1.54, 1.807) is 24.3 Å². The van der Waals surface area contributed by atoms with Crippen LogP contribution in [0.15, 0.2) is 53.4 Å². The first-order valence-electron chi connectivity index (χ1n) is 11.0. The SMILES string of the molecule is Cc1ccc(N(C)S(=O)(=O)c2cccc(C(=O)NCCC(=O)N3CCCCCC3)c2)cc1. The van der Waals surface area contributed by atoms with Crippen LogP contribution in [0.4, 0.5) is 5.69 Å². The Kier molecular flexibility index (Phi) is 7.90. The van der Waals surface area contributed by atoms with Crippen LogP contribution in [0.5, 0.6) is 0 Å². The van der Waals surface area contributed by atoms with Crippen LogP contribution in [0.1, 0.15) is 48.0 Å². The molecule has 0 aliphatic carbocycles. The minimum absolute atomic E-state index is 0.0360. The summed E-state index contributed by atoms with van der Waals surface area (Å²) >= 11 is 0. The van der Waals surface area contributed by atoms with Crippen molar-refractivity contribution in [2.75, 3.05) is 31.0 Å². The topological polar surface area (TPSA) is 86.8 Å². The Balaban J connectivity index is 1.62. The average molecular weight is 458 g/mol. The molecule has 2 aromatic carbocycles. The molecule has 0 aromatic heterocycles. The Hall–Kier alpha value is -2.87. The number of likely N-dealkylation sites (tertiary alicyclic amines) is 1. The molecule has 0 unspecified atom stereocenters. The lowest BCUT2D eigenvalue weighted by atomic mass is 10.2. The number of nitrogens with zero attached hydrogens (tertiary/aromatic N) is 2. The first-order valence-corrected chi connectivity index (χ1v) is 12.4. The Bertz CT molecular complexity index is 1040. The number of benzene rings is 2. The molecule has 1 heterocycles. The molecule has 2 amide bonds. The summed E-state index contributed by atoms with van der Waals surface area (Å²) in [4.78, 5) is 26.8. The van der Waals surface area contributed by atoms with Gasteiger partial charge in [0.05, 0.1) is 10.6 Å². The van der Waals surface area contributed by atoms with Gasteiger partial charge >= 0.3 is 0 Å². The molecule has 1 fully saturated rings. The van der Waals surface area contributed by atoms with E-state index >= 15 is 0 Å². The zero-order valence-electron chi connectivity index (χ0n) is 18.7. The summed E-state index contributed by atoms with van der Waals surface area (Å²) in [6, 6.07) is 13.1. The molecule has 1 saturated heterocycles. The fourth-order valence-electron chi connectivity index (χ4n) is 3.71. The van der Waals surface area contributed by atoms with Crippen LogP contribution in [0.2, 0.25) is 0 Å². The van der Waals surface area contributed by atoms with Crippen LogP contribution in [-0.2, 0) is 14.8 Å². The van der Waals surface area contributed by atoms with Gasteiger partial charge in [0.25, 0.3) is 15.9 Å². The number of amides is 2. The van der Waals surface area contributed by atoms with Gasteiger partial charge in [-0.3, -0.25) is 13.9 Å². The van der Waals surface area contributed by atoms with Gasteiger partial charge < -0.3 is 10.2 Å². The molecule has 0 saturated carbocycles. The van der Waals surface area contributed by atoms with E-state index in [0.717, 1.165) is 44.3 Å². The minimum Gasteiger partial charge on any atom is -0.352 e. The van der Waals surface area contributed by atoms with Gasteiger partial charge in [-0.1, -0.05) is 36.6 Å². The van der Waals surface area contributed by atoms with E-state index in [1.807, 2.05) is 24.0 Å².